The maximum atomic E-state index is 12.7. The molecule has 3 amide bonds. The van der Waals surface area contributed by atoms with Gasteiger partial charge in [0.15, 0.2) is 0 Å². The zero-order chi connectivity index (χ0) is 19.8. The molecule has 2 atom stereocenters. The van der Waals surface area contributed by atoms with Crippen LogP contribution >= 0.6 is 0 Å². The molecule has 1 saturated heterocycles. The minimum Gasteiger partial charge on any atom is -0.399 e. The van der Waals surface area contributed by atoms with Crippen molar-refractivity contribution in [3.63, 3.8) is 0 Å². The molecule has 27 heavy (non-hydrogen) atoms. The second-order valence-corrected chi connectivity index (χ2v) is 6.81. The van der Waals surface area contributed by atoms with Crippen LogP contribution in [0.25, 0.3) is 0 Å². The molecular formula is C19H29N5O3. The third-order valence-corrected chi connectivity index (χ3v) is 4.75. The van der Waals surface area contributed by atoms with E-state index in [1.54, 1.807) is 29.2 Å². The number of nitrogens with two attached hydrogens (primary N) is 2. The Balaban J connectivity index is 2.15. The van der Waals surface area contributed by atoms with Gasteiger partial charge in [-0.2, -0.15) is 0 Å². The Morgan fingerprint density at radius 1 is 1.26 bits per heavy atom. The smallest absolute Gasteiger partial charge is 0.251 e. The van der Waals surface area contributed by atoms with Gasteiger partial charge in [-0.15, -0.1) is 0 Å². The van der Waals surface area contributed by atoms with Crippen LogP contribution in [0.1, 0.15) is 36.5 Å². The Morgan fingerprint density at radius 3 is 2.59 bits per heavy atom. The molecule has 148 valence electrons. The summed E-state index contributed by atoms with van der Waals surface area (Å²) in [4.78, 5) is 38.9. The first-order valence-electron chi connectivity index (χ1n) is 9.38. The molecule has 2 unspecified atom stereocenters. The van der Waals surface area contributed by atoms with Crippen molar-refractivity contribution in [3.05, 3.63) is 29.8 Å². The number of likely N-dealkylation sites (tertiary alicyclic amines) is 1. The minimum atomic E-state index is -0.713. The minimum absolute atomic E-state index is 0.0583. The van der Waals surface area contributed by atoms with Crippen molar-refractivity contribution in [2.75, 3.05) is 31.9 Å². The summed E-state index contributed by atoms with van der Waals surface area (Å²) in [5, 5.41) is 5.70. The average molecular weight is 375 g/mol. The van der Waals surface area contributed by atoms with E-state index >= 15 is 0 Å². The van der Waals surface area contributed by atoms with Crippen LogP contribution in [0.5, 0.6) is 0 Å². The predicted octanol–water partition coefficient (Wildman–Crippen LogP) is 0.0907. The SMILES string of the molecule is CCCNC(=O)C(NC(=O)c1ccc(N)cc1)C1CCCN(C(=O)CN)C1. The third-order valence-electron chi connectivity index (χ3n) is 4.75. The highest BCUT2D eigenvalue weighted by molar-refractivity contribution is 5.97. The van der Waals surface area contributed by atoms with E-state index in [9.17, 15) is 14.4 Å². The number of rotatable bonds is 7. The van der Waals surface area contributed by atoms with Crippen molar-refractivity contribution < 1.29 is 14.4 Å². The lowest BCUT2D eigenvalue weighted by Gasteiger charge is -2.36. The van der Waals surface area contributed by atoms with Gasteiger partial charge >= 0.3 is 0 Å². The van der Waals surface area contributed by atoms with Crippen LogP contribution in [-0.4, -0.2) is 54.8 Å². The van der Waals surface area contributed by atoms with Crippen LogP contribution in [0, 0.1) is 5.92 Å². The molecule has 1 aromatic rings. The predicted molar refractivity (Wildman–Crippen MR) is 104 cm³/mol. The lowest BCUT2D eigenvalue weighted by molar-refractivity contribution is -0.133. The number of carbonyl (C=O) groups excluding carboxylic acids is 3. The molecule has 1 aliphatic rings. The van der Waals surface area contributed by atoms with Gasteiger partial charge < -0.3 is 27.0 Å². The molecule has 8 heteroatoms. The monoisotopic (exact) mass is 375 g/mol. The van der Waals surface area contributed by atoms with Crippen molar-refractivity contribution >= 4 is 23.4 Å². The molecule has 1 aromatic carbocycles. The first-order chi connectivity index (χ1) is 13.0. The van der Waals surface area contributed by atoms with Gasteiger partial charge in [0, 0.05) is 36.8 Å². The molecular weight excluding hydrogens is 346 g/mol. The van der Waals surface area contributed by atoms with Crippen LogP contribution in [-0.2, 0) is 9.59 Å². The molecule has 1 heterocycles. The van der Waals surface area contributed by atoms with E-state index in [2.05, 4.69) is 10.6 Å². The zero-order valence-corrected chi connectivity index (χ0v) is 15.7. The van der Waals surface area contributed by atoms with Crippen LogP contribution in [0.2, 0.25) is 0 Å². The molecule has 1 fully saturated rings. The number of carbonyl (C=O) groups is 3. The van der Waals surface area contributed by atoms with Gasteiger partial charge in [-0.3, -0.25) is 14.4 Å². The number of nitrogens with zero attached hydrogens (tertiary/aromatic N) is 1. The van der Waals surface area contributed by atoms with Crippen LogP contribution in [0.4, 0.5) is 5.69 Å². The number of hydrogen-bond donors (Lipinski definition) is 4. The van der Waals surface area contributed by atoms with E-state index < -0.39 is 6.04 Å². The van der Waals surface area contributed by atoms with Crippen LogP contribution in [0.15, 0.2) is 24.3 Å². The molecule has 0 radical (unpaired) electrons. The highest BCUT2D eigenvalue weighted by atomic mass is 16.2. The van der Waals surface area contributed by atoms with Crippen molar-refractivity contribution in [3.8, 4) is 0 Å². The van der Waals surface area contributed by atoms with Crippen molar-refractivity contribution in [2.45, 2.75) is 32.2 Å². The number of piperidine rings is 1. The first-order valence-corrected chi connectivity index (χ1v) is 9.38. The summed E-state index contributed by atoms with van der Waals surface area (Å²) in [6.07, 6.45) is 2.32. The summed E-state index contributed by atoms with van der Waals surface area (Å²) in [6.45, 7) is 3.47. The molecule has 8 nitrogen and oxygen atoms in total. The van der Waals surface area contributed by atoms with Crippen LogP contribution < -0.4 is 22.1 Å². The summed E-state index contributed by atoms with van der Waals surface area (Å²) in [7, 11) is 0. The molecule has 0 aromatic heterocycles. The van der Waals surface area contributed by atoms with Gasteiger partial charge in [-0.05, 0) is 43.5 Å². The van der Waals surface area contributed by atoms with Gasteiger partial charge in [0.25, 0.3) is 5.91 Å². The Kier molecular flexibility index (Phi) is 7.60. The fourth-order valence-electron chi connectivity index (χ4n) is 3.25. The Labute approximate surface area is 159 Å². The largest absolute Gasteiger partial charge is 0.399 e. The van der Waals surface area contributed by atoms with Gasteiger partial charge in [0.2, 0.25) is 11.8 Å². The normalized spacial score (nSPS) is 17.9. The summed E-state index contributed by atoms with van der Waals surface area (Å²) in [5.41, 5.74) is 12.1. The van der Waals surface area contributed by atoms with E-state index in [-0.39, 0.29) is 30.2 Å². The highest BCUT2D eigenvalue weighted by Gasteiger charge is 2.34. The Bertz CT molecular complexity index is 662. The molecule has 0 bridgehead atoms. The zero-order valence-electron chi connectivity index (χ0n) is 15.7. The van der Waals surface area contributed by atoms with Crippen molar-refractivity contribution in [1.29, 1.82) is 0 Å². The van der Waals surface area contributed by atoms with Gasteiger partial charge in [-0.1, -0.05) is 6.92 Å². The van der Waals surface area contributed by atoms with E-state index in [4.69, 9.17) is 11.5 Å². The molecule has 2 rings (SSSR count). The maximum absolute atomic E-state index is 12.7. The third kappa shape index (κ3) is 5.68. The van der Waals surface area contributed by atoms with E-state index in [1.807, 2.05) is 6.92 Å². The van der Waals surface area contributed by atoms with Gasteiger partial charge in [0.1, 0.15) is 6.04 Å². The fourth-order valence-corrected chi connectivity index (χ4v) is 3.25. The number of anilines is 1. The highest BCUT2D eigenvalue weighted by Crippen LogP contribution is 2.21. The fraction of sp³-hybridized carbons (Fsp3) is 0.526. The number of benzene rings is 1. The Hall–Kier alpha value is -2.61. The average Bonchev–Trinajstić information content (AvgIpc) is 2.70. The van der Waals surface area contributed by atoms with Gasteiger partial charge in [0.05, 0.1) is 6.54 Å². The van der Waals surface area contributed by atoms with Crippen molar-refractivity contribution in [1.82, 2.24) is 15.5 Å². The van der Waals surface area contributed by atoms with E-state index in [1.165, 1.54) is 0 Å². The van der Waals surface area contributed by atoms with E-state index in [0.29, 0.717) is 30.9 Å². The Morgan fingerprint density at radius 2 is 1.96 bits per heavy atom. The summed E-state index contributed by atoms with van der Waals surface area (Å²) in [5.74, 6) is -0.872. The number of nitrogen functional groups attached to an aromatic ring is 1. The molecule has 0 saturated carbocycles. The summed E-state index contributed by atoms with van der Waals surface area (Å²) >= 11 is 0. The number of hydrogen-bond acceptors (Lipinski definition) is 5. The second kappa shape index (κ2) is 9.91. The molecule has 0 aliphatic carbocycles. The van der Waals surface area contributed by atoms with Crippen LogP contribution in [0.3, 0.4) is 0 Å². The standard InChI is InChI=1S/C19H29N5O3/c1-2-9-22-19(27)17(14-4-3-10-24(12-14)16(25)11-20)23-18(26)13-5-7-15(21)8-6-13/h5-8,14,17H,2-4,9-12,20-21H2,1H3,(H,22,27)(H,23,26). The summed E-state index contributed by atoms with van der Waals surface area (Å²) in [6, 6.07) is 5.82. The first kappa shape index (κ1) is 20.7. The van der Waals surface area contributed by atoms with Gasteiger partial charge in [-0.25, -0.2) is 0 Å². The lowest BCUT2D eigenvalue weighted by atomic mass is 9.89. The quantitative estimate of drug-likeness (QED) is 0.502. The topological polar surface area (TPSA) is 131 Å². The van der Waals surface area contributed by atoms with E-state index in [0.717, 1.165) is 19.3 Å². The molecule has 0 spiro atoms. The molecule has 6 N–H and O–H groups in total. The lowest BCUT2D eigenvalue weighted by Crippen LogP contribution is -2.56. The molecule has 1 aliphatic heterocycles. The number of amides is 3. The summed E-state index contributed by atoms with van der Waals surface area (Å²) < 4.78 is 0. The van der Waals surface area contributed by atoms with Crippen molar-refractivity contribution in [2.24, 2.45) is 11.7 Å². The second-order valence-electron chi connectivity index (χ2n) is 6.81. The number of nitrogens with one attached hydrogen (secondary N) is 2. The maximum Gasteiger partial charge on any atom is 0.251 e.